The summed E-state index contributed by atoms with van der Waals surface area (Å²) in [5.41, 5.74) is 2.60. The predicted octanol–water partition coefficient (Wildman–Crippen LogP) is 2.67. The van der Waals surface area contributed by atoms with Crippen LogP contribution < -0.4 is 5.32 Å². The molecule has 0 radical (unpaired) electrons. The Hall–Kier alpha value is -1.28. The Morgan fingerprint density at radius 2 is 2.20 bits per heavy atom. The van der Waals surface area contributed by atoms with Gasteiger partial charge >= 0.3 is 0 Å². The molecular formula is C13H16N2. The Balaban J connectivity index is 1.67. The number of fused-ring (bicyclic) bond motifs is 1. The Morgan fingerprint density at radius 1 is 1.27 bits per heavy atom. The van der Waals surface area contributed by atoms with Crippen LogP contribution in [0.5, 0.6) is 0 Å². The lowest BCUT2D eigenvalue weighted by atomic mass is 10.1. The molecule has 0 amide bonds. The van der Waals surface area contributed by atoms with Crippen LogP contribution in [0.4, 0.5) is 0 Å². The van der Waals surface area contributed by atoms with Crippen LogP contribution in [0.3, 0.4) is 0 Å². The van der Waals surface area contributed by atoms with Crippen molar-refractivity contribution in [2.75, 3.05) is 6.54 Å². The summed E-state index contributed by atoms with van der Waals surface area (Å²) in [4.78, 5) is 3.21. The van der Waals surface area contributed by atoms with E-state index in [0.717, 1.165) is 12.5 Å². The van der Waals surface area contributed by atoms with Crippen molar-refractivity contribution in [3.63, 3.8) is 0 Å². The van der Waals surface area contributed by atoms with E-state index in [1.807, 2.05) is 6.20 Å². The summed E-state index contributed by atoms with van der Waals surface area (Å²) < 4.78 is 0. The number of benzene rings is 1. The molecule has 3 rings (SSSR count). The van der Waals surface area contributed by atoms with Gasteiger partial charge in [0.1, 0.15) is 0 Å². The third kappa shape index (κ3) is 2.05. The minimum absolute atomic E-state index is 0.959. The molecule has 0 unspecified atom stereocenters. The van der Waals surface area contributed by atoms with Crippen molar-refractivity contribution in [3.8, 4) is 0 Å². The van der Waals surface area contributed by atoms with Crippen LogP contribution in [0.25, 0.3) is 10.9 Å². The van der Waals surface area contributed by atoms with Crippen molar-refractivity contribution >= 4 is 10.9 Å². The molecule has 1 aliphatic rings. The highest BCUT2D eigenvalue weighted by molar-refractivity contribution is 5.79. The van der Waals surface area contributed by atoms with E-state index in [1.165, 1.54) is 35.9 Å². The second-order valence-electron chi connectivity index (χ2n) is 4.47. The van der Waals surface area contributed by atoms with E-state index in [9.17, 15) is 0 Å². The van der Waals surface area contributed by atoms with E-state index in [0.29, 0.717) is 0 Å². The maximum absolute atomic E-state index is 3.51. The van der Waals surface area contributed by atoms with Crippen molar-refractivity contribution in [1.82, 2.24) is 10.3 Å². The van der Waals surface area contributed by atoms with Crippen molar-refractivity contribution in [3.05, 3.63) is 36.0 Å². The fraction of sp³-hybridized carbons (Fsp3) is 0.385. The van der Waals surface area contributed by atoms with Crippen molar-refractivity contribution < 1.29 is 0 Å². The zero-order chi connectivity index (χ0) is 10.1. The zero-order valence-corrected chi connectivity index (χ0v) is 8.79. The Bertz CT molecular complexity index is 454. The van der Waals surface area contributed by atoms with Gasteiger partial charge in [-0.05, 0) is 54.5 Å². The highest BCUT2D eigenvalue weighted by Gasteiger charge is 2.19. The largest absolute Gasteiger partial charge is 0.361 e. The Kier molecular flexibility index (Phi) is 2.22. The number of aromatic amines is 1. The van der Waals surface area contributed by atoms with E-state index < -0.39 is 0 Å². The molecule has 1 aromatic carbocycles. The van der Waals surface area contributed by atoms with Crippen molar-refractivity contribution in [2.45, 2.75) is 19.4 Å². The molecule has 1 fully saturated rings. The molecule has 0 atom stereocenters. The number of hydrogen-bond acceptors (Lipinski definition) is 1. The lowest BCUT2D eigenvalue weighted by Crippen LogP contribution is -2.15. The molecule has 0 bridgehead atoms. The fourth-order valence-corrected chi connectivity index (χ4v) is 1.96. The van der Waals surface area contributed by atoms with Gasteiger partial charge in [-0.15, -0.1) is 0 Å². The van der Waals surface area contributed by atoms with Gasteiger partial charge in [0.05, 0.1) is 0 Å². The normalized spacial score (nSPS) is 16.0. The third-order valence-corrected chi connectivity index (χ3v) is 3.08. The van der Waals surface area contributed by atoms with Gasteiger partial charge in [0.25, 0.3) is 0 Å². The van der Waals surface area contributed by atoms with Crippen LogP contribution in [-0.4, -0.2) is 11.5 Å². The van der Waals surface area contributed by atoms with Crippen LogP contribution in [0.1, 0.15) is 18.4 Å². The van der Waals surface area contributed by atoms with Crippen LogP contribution in [-0.2, 0) is 6.54 Å². The van der Waals surface area contributed by atoms with Gasteiger partial charge < -0.3 is 10.3 Å². The molecular weight excluding hydrogens is 184 g/mol. The van der Waals surface area contributed by atoms with Gasteiger partial charge in [-0.25, -0.2) is 0 Å². The molecule has 2 aromatic rings. The van der Waals surface area contributed by atoms with Gasteiger partial charge in [0.2, 0.25) is 0 Å². The number of aromatic nitrogens is 1. The zero-order valence-electron chi connectivity index (χ0n) is 8.79. The lowest BCUT2D eigenvalue weighted by Gasteiger charge is -2.03. The molecule has 1 saturated carbocycles. The second-order valence-corrected chi connectivity index (χ2v) is 4.47. The number of H-pyrrole nitrogens is 1. The maximum Gasteiger partial charge on any atom is 0.0454 e. The summed E-state index contributed by atoms with van der Waals surface area (Å²) in [6, 6.07) is 8.73. The molecule has 2 N–H and O–H groups in total. The Morgan fingerprint density at radius 3 is 3.07 bits per heavy atom. The SMILES string of the molecule is c1cc2cc(CNCC3CC3)ccc2[nH]1. The Labute approximate surface area is 89.7 Å². The van der Waals surface area contributed by atoms with E-state index in [2.05, 4.69) is 34.6 Å². The third-order valence-electron chi connectivity index (χ3n) is 3.08. The summed E-state index contributed by atoms with van der Waals surface area (Å²) in [6.45, 7) is 2.18. The smallest absolute Gasteiger partial charge is 0.0454 e. The second kappa shape index (κ2) is 3.70. The van der Waals surface area contributed by atoms with Crippen molar-refractivity contribution in [2.24, 2.45) is 5.92 Å². The summed E-state index contributed by atoms with van der Waals surface area (Å²) in [7, 11) is 0. The van der Waals surface area contributed by atoms with E-state index in [4.69, 9.17) is 0 Å². The molecule has 0 saturated heterocycles. The molecule has 2 nitrogen and oxygen atoms in total. The maximum atomic E-state index is 3.51. The quantitative estimate of drug-likeness (QED) is 0.780. The van der Waals surface area contributed by atoms with Gasteiger partial charge in [0.15, 0.2) is 0 Å². The van der Waals surface area contributed by atoms with E-state index in [-0.39, 0.29) is 0 Å². The highest BCUT2D eigenvalue weighted by Crippen LogP contribution is 2.27. The molecule has 0 spiro atoms. The summed E-state index contributed by atoms with van der Waals surface area (Å²) in [5.74, 6) is 0.959. The van der Waals surface area contributed by atoms with Crippen LogP contribution >= 0.6 is 0 Å². The minimum atomic E-state index is 0.959. The fourth-order valence-electron chi connectivity index (χ4n) is 1.96. The van der Waals surface area contributed by atoms with E-state index in [1.54, 1.807) is 0 Å². The average Bonchev–Trinajstić information content (AvgIpc) is 2.95. The molecule has 15 heavy (non-hydrogen) atoms. The lowest BCUT2D eigenvalue weighted by molar-refractivity contribution is 0.639. The average molecular weight is 200 g/mol. The van der Waals surface area contributed by atoms with Crippen LogP contribution in [0, 0.1) is 5.92 Å². The molecule has 1 heterocycles. The predicted molar refractivity (Wildman–Crippen MR) is 62.7 cm³/mol. The van der Waals surface area contributed by atoms with Gasteiger partial charge in [-0.1, -0.05) is 6.07 Å². The summed E-state index contributed by atoms with van der Waals surface area (Å²) in [6.07, 6.45) is 4.83. The summed E-state index contributed by atoms with van der Waals surface area (Å²) >= 11 is 0. The topological polar surface area (TPSA) is 27.8 Å². The first-order chi connectivity index (χ1) is 7.42. The van der Waals surface area contributed by atoms with Gasteiger partial charge in [0, 0.05) is 18.3 Å². The number of hydrogen-bond donors (Lipinski definition) is 2. The number of nitrogens with one attached hydrogen (secondary N) is 2. The molecule has 0 aliphatic heterocycles. The first-order valence-corrected chi connectivity index (χ1v) is 5.68. The first kappa shape index (κ1) is 8.98. The van der Waals surface area contributed by atoms with Crippen molar-refractivity contribution in [1.29, 1.82) is 0 Å². The number of rotatable bonds is 4. The van der Waals surface area contributed by atoms with E-state index >= 15 is 0 Å². The molecule has 1 aliphatic carbocycles. The van der Waals surface area contributed by atoms with Crippen LogP contribution in [0.15, 0.2) is 30.5 Å². The monoisotopic (exact) mass is 200 g/mol. The highest BCUT2D eigenvalue weighted by atomic mass is 14.9. The minimum Gasteiger partial charge on any atom is -0.361 e. The molecule has 78 valence electrons. The molecule has 1 aromatic heterocycles. The summed E-state index contributed by atoms with van der Waals surface area (Å²) in [5, 5.41) is 4.82. The standard InChI is InChI=1S/C13H16N2/c1-2-10(1)8-14-9-11-3-4-13-12(7-11)5-6-15-13/h3-7,10,14-15H,1-2,8-9H2. The van der Waals surface area contributed by atoms with Crippen LogP contribution in [0.2, 0.25) is 0 Å². The van der Waals surface area contributed by atoms with Gasteiger partial charge in [-0.2, -0.15) is 0 Å². The first-order valence-electron chi connectivity index (χ1n) is 5.68. The molecule has 2 heteroatoms. The van der Waals surface area contributed by atoms with Gasteiger partial charge in [-0.3, -0.25) is 0 Å².